The molecule has 1 aliphatic rings. The average Bonchev–Trinajstić information content (AvgIpc) is 3.08. The summed E-state index contributed by atoms with van der Waals surface area (Å²) < 4.78 is 7.37. The van der Waals surface area contributed by atoms with Crippen LogP contribution in [0.15, 0.2) is 36.9 Å². The van der Waals surface area contributed by atoms with Crippen molar-refractivity contribution in [2.75, 3.05) is 26.2 Å². The third-order valence-corrected chi connectivity index (χ3v) is 4.02. The van der Waals surface area contributed by atoms with Crippen LogP contribution in [0.25, 0.3) is 5.69 Å². The maximum atomic E-state index is 12.2. The van der Waals surface area contributed by atoms with Crippen LogP contribution < -0.4 is 5.32 Å². The second kappa shape index (κ2) is 7.55. The highest BCUT2D eigenvalue weighted by Gasteiger charge is 2.21. The van der Waals surface area contributed by atoms with E-state index in [0.717, 1.165) is 25.3 Å². The molecule has 1 aromatic heterocycles. The summed E-state index contributed by atoms with van der Waals surface area (Å²) >= 11 is 0. The highest BCUT2D eigenvalue weighted by molar-refractivity contribution is 5.94. The van der Waals surface area contributed by atoms with Crippen LogP contribution in [0.2, 0.25) is 0 Å². The van der Waals surface area contributed by atoms with Crippen molar-refractivity contribution < 1.29 is 9.53 Å². The SMILES string of the molecule is C[C@@H]1CN(CCNC(=O)c2ccc(-n3cncn3)cc2)C[C@@H](C)O1. The number of ether oxygens (including phenoxy) is 1. The number of carbonyl (C=O) groups excluding carboxylic acids is 1. The molecule has 0 radical (unpaired) electrons. The minimum absolute atomic E-state index is 0.0607. The van der Waals surface area contributed by atoms with Crippen molar-refractivity contribution in [2.45, 2.75) is 26.1 Å². The number of nitrogens with zero attached hydrogens (tertiary/aromatic N) is 4. The van der Waals surface area contributed by atoms with Crippen LogP contribution >= 0.6 is 0 Å². The largest absolute Gasteiger partial charge is 0.373 e. The maximum absolute atomic E-state index is 12.2. The summed E-state index contributed by atoms with van der Waals surface area (Å²) in [6.07, 6.45) is 3.59. The normalized spacial score (nSPS) is 21.6. The molecule has 2 aromatic rings. The Kier molecular flexibility index (Phi) is 5.22. The topological polar surface area (TPSA) is 72.3 Å². The van der Waals surface area contributed by atoms with Crippen LogP contribution in [0.4, 0.5) is 0 Å². The van der Waals surface area contributed by atoms with E-state index in [1.165, 1.54) is 6.33 Å². The molecule has 0 bridgehead atoms. The number of morpholine rings is 1. The van der Waals surface area contributed by atoms with Crippen LogP contribution in [-0.4, -0.2) is 64.0 Å². The molecule has 24 heavy (non-hydrogen) atoms. The van der Waals surface area contributed by atoms with Gasteiger partial charge in [0.1, 0.15) is 12.7 Å². The first-order valence-electron chi connectivity index (χ1n) is 8.23. The fourth-order valence-electron chi connectivity index (χ4n) is 3.00. The fraction of sp³-hybridized carbons (Fsp3) is 0.471. The Morgan fingerprint density at radius 3 is 2.58 bits per heavy atom. The second-order valence-electron chi connectivity index (χ2n) is 6.16. The van der Waals surface area contributed by atoms with E-state index in [9.17, 15) is 4.79 Å². The second-order valence-corrected chi connectivity index (χ2v) is 6.16. The van der Waals surface area contributed by atoms with E-state index in [2.05, 4.69) is 34.1 Å². The molecular formula is C17H23N5O2. The highest BCUT2D eigenvalue weighted by atomic mass is 16.5. The van der Waals surface area contributed by atoms with Gasteiger partial charge >= 0.3 is 0 Å². The average molecular weight is 329 g/mol. The first-order valence-corrected chi connectivity index (χ1v) is 8.23. The summed E-state index contributed by atoms with van der Waals surface area (Å²) in [6, 6.07) is 7.31. The summed E-state index contributed by atoms with van der Waals surface area (Å²) in [5, 5.41) is 7.04. The summed E-state index contributed by atoms with van der Waals surface area (Å²) in [4.78, 5) is 18.5. The van der Waals surface area contributed by atoms with E-state index in [1.54, 1.807) is 23.1 Å². The van der Waals surface area contributed by atoms with Gasteiger partial charge in [0.2, 0.25) is 0 Å². The zero-order chi connectivity index (χ0) is 16.9. The Morgan fingerprint density at radius 2 is 1.96 bits per heavy atom. The van der Waals surface area contributed by atoms with E-state index < -0.39 is 0 Å². The molecule has 1 aromatic carbocycles. The Balaban J connectivity index is 1.48. The number of nitrogens with one attached hydrogen (secondary N) is 1. The van der Waals surface area contributed by atoms with E-state index in [4.69, 9.17) is 4.74 Å². The minimum Gasteiger partial charge on any atom is -0.373 e. The quantitative estimate of drug-likeness (QED) is 0.889. The Bertz CT molecular complexity index is 646. The van der Waals surface area contributed by atoms with E-state index >= 15 is 0 Å². The Morgan fingerprint density at radius 1 is 1.25 bits per heavy atom. The first kappa shape index (κ1) is 16.6. The fourth-order valence-corrected chi connectivity index (χ4v) is 3.00. The number of carbonyl (C=O) groups is 1. The number of benzene rings is 1. The molecule has 1 fully saturated rings. The van der Waals surface area contributed by atoms with Crippen molar-refractivity contribution in [2.24, 2.45) is 0 Å². The molecule has 0 saturated carbocycles. The van der Waals surface area contributed by atoms with Crippen molar-refractivity contribution in [3.8, 4) is 5.69 Å². The summed E-state index contributed by atoms with van der Waals surface area (Å²) in [5.41, 5.74) is 1.52. The molecule has 128 valence electrons. The van der Waals surface area contributed by atoms with E-state index in [1.807, 2.05) is 12.1 Å². The van der Waals surface area contributed by atoms with Crippen LogP contribution in [0.1, 0.15) is 24.2 Å². The van der Waals surface area contributed by atoms with E-state index in [0.29, 0.717) is 12.1 Å². The van der Waals surface area contributed by atoms with Crippen molar-refractivity contribution >= 4 is 5.91 Å². The van der Waals surface area contributed by atoms with Gasteiger partial charge in [-0.3, -0.25) is 9.69 Å². The van der Waals surface area contributed by atoms with Crippen LogP contribution in [-0.2, 0) is 4.74 Å². The molecule has 0 spiro atoms. The van der Waals surface area contributed by atoms with Gasteiger partial charge in [0.15, 0.2) is 0 Å². The van der Waals surface area contributed by atoms with Gasteiger partial charge in [0, 0.05) is 31.7 Å². The minimum atomic E-state index is -0.0607. The lowest BCUT2D eigenvalue weighted by molar-refractivity contribution is -0.0672. The van der Waals surface area contributed by atoms with Gasteiger partial charge in [-0.2, -0.15) is 5.10 Å². The van der Waals surface area contributed by atoms with E-state index in [-0.39, 0.29) is 18.1 Å². The molecule has 0 unspecified atom stereocenters. The number of amides is 1. The Hall–Kier alpha value is -2.25. The molecule has 0 aliphatic carbocycles. The van der Waals surface area contributed by atoms with Crippen LogP contribution in [0, 0.1) is 0 Å². The summed E-state index contributed by atoms with van der Waals surface area (Å²) in [7, 11) is 0. The van der Waals surface area contributed by atoms with Crippen molar-refractivity contribution in [1.29, 1.82) is 0 Å². The van der Waals surface area contributed by atoms with Gasteiger partial charge in [-0.05, 0) is 38.1 Å². The zero-order valence-corrected chi connectivity index (χ0v) is 14.1. The van der Waals surface area contributed by atoms with Gasteiger partial charge in [-0.25, -0.2) is 9.67 Å². The molecule has 1 N–H and O–H groups in total. The number of hydrogen-bond acceptors (Lipinski definition) is 5. The first-order chi connectivity index (χ1) is 11.6. The predicted octanol–water partition coefficient (Wildman–Crippen LogP) is 1.11. The lowest BCUT2D eigenvalue weighted by Crippen LogP contribution is -2.47. The highest BCUT2D eigenvalue weighted by Crippen LogP contribution is 2.10. The lowest BCUT2D eigenvalue weighted by atomic mass is 10.2. The van der Waals surface area contributed by atoms with Gasteiger partial charge in [0.05, 0.1) is 17.9 Å². The molecule has 1 saturated heterocycles. The smallest absolute Gasteiger partial charge is 0.251 e. The number of aromatic nitrogens is 3. The molecule has 1 aliphatic heterocycles. The van der Waals surface area contributed by atoms with Gasteiger partial charge < -0.3 is 10.1 Å². The molecule has 7 heteroatoms. The number of rotatable bonds is 5. The van der Waals surface area contributed by atoms with Crippen molar-refractivity contribution in [1.82, 2.24) is 25.0 Å². The molecule has 2 heterocycles. The van der Waals surface area contributed by atoms with Gasteiger partial charge in [-0.1, -0.05) is 0 Å². The molecule has 1 amide bonds. The molecule has 7 nitrogen and oxygen atoms in total. The number of hydrogen-bond donors (Lipinski definition) is 1. The van der Waals surface area contributed by atoms with Gasteiger partial charge in [-0.15, -0.1) is 0 Å². The summed E-state index contributed by atoms with van der Waals surface area (Å²) in [5.74, 6) is -0.0607. The maximum Gasteiger partial charge on any atom is 0.251 e. The molecule has 3 rings (SSSR count). The molecule has 2 atom stereocenters. The standard InChI is InChI=1S/C17H23N5O2/c1-13-9-21(10-14(2)24-13)8-7-19-17(23)15-3-5-16(6-4-15)22-12-18-11-20-22/h3-6,11-14H,7-10H2,1-2H3,(H,19,23)/t13-,14-/m1/s1. The lowest BCUT2D eigenvalue weighted by Gasteiger charge is -2.35. The van der Waals surface area contributed by atoms with Crippen LogP contribution in [0.3, 0.4) is 0 Å². The van der Waals surface area contributed by atoms with Crippen molar-refractivity contribution in [3.63, 3.8) is 0 Å². The Labute approximate surface area is 141 Å². The van der Waals surface area contributed by atoms with Crippen molar-refractivity contribution in [3.05, 3.63) is 42.5 Å². The molecular weight excluding hydrogens is 306 g/mol. The zero-order valence-electron chi connectivity index (χ0n) is 14.1. The monoisotopic (exact) mass is 329 g/mol. The third-order valence-electron chi connectivity index (χ3n) is 4.02. The third kappa shape index (κ3) is 4.18. The van der Waals surface area contributed by atoms with Gasteiger partial charge in [0.25, 0.3) is 5.91 Å². The predicted molar refractivity (Wildman–Crippen MR) is 90.1 cm³/mol. The van der Waals surface area contributed by atoms with Crippen LogP contribution in [0.5, 0.6) is 0 Å². The summed E-state index contributed by atoms with van der Waals surface area (Å²) in [6.45, 7) is 7.44.